The number of anilines is 1. The van der Waals surface area contributed by atoms with Gasteiger partial charge in [0.1, 0.15) is 11.6 Å². The van der Waals surface area contributed by atoms with E-state index in [0.717, 1.165) is 0 Å². The molecule has 4 N–H and O–H groups in total. The van der Waals surface area contributed by atoms with Gasteiger partial charge in [-0.1, -0.05) is 0 Å². The van der Waals surface area contributed by atoms with Crippen LogP contribution in [-0.2, 0) is 4.74 Å². The number of nitrogens with two attached hydrogens (primary N) is 1. The van der Waals surface area contributed by atoms with Crippen LogP contribution in [0.4, 0.5) is 5.69 Å². The molecule has 1 saturated heterocycles. The summed E-state index contributed by atoms with van der Waals surface area (Å²) in [6.07, 6.45) is 1.89. The first-order valence-corrected chi connectivity index (χ1v) is 5.72. The molecule has 0 radical (unpaired) electrons. The number of nitrogens with zero attached hydrogens (tertiary/aromatic N) is 3. The third-order valence-electron chi connectivity index (χ3n) is 3.14. The molecule has 7 heteroatoms. The molecule has 1 aliphatic heterocycles. The summed E-state index contributed by atoms with van der Waals surface area (Å²) < 4.78 is 7.20. The second-order valence-corrected chi connectivity index (χ2v) is 4.36. The minimum Gasteiger partial charge on any atom is -0.397 e. The first-order chi connectivity index (χ1) is 8.70. The number of fused-ring (bicyclic) bond motifs is 1. The first kappa shape index (κ1) is 11.4. The van der Waals surface area contributed by atoms with Crippen molar-refractivity contribution in [3.8, 4) is 0 Å². The smallest absolute Gasteiger partial charge is 0.164 e. The molecule has 3 rings (SSSR count). The van der Waals surface area contributed by atoms with Crippen LogP contribution in [0.25, 0.3) is 11.2 Å². The van der Waals surface area contributed by atoms with E-state index < -0.39 is 12.3 Å². The molecule has 0 amide bonds. The Labute approximate surface area is 103 Å². The Hall–Kier alpha value is -1.70. The fourth-order valence-electron chi connectivity index (χ4n) is 2.24. The van der Waals surface area contributed by atoms with E-state index in [1.54, 1.807) is 23.2 Å². The fraction of sp³-hybridized carbons (Fsp3) is 0.455. The van der Waals surface area contributed by atoms with E-state index in [9.17, 15) is 5.11 Å². The van der Waals surface area contributed by atoms with E-state index in [4.69, 9.17) is 15.6 Å². The molecule has 1 aliphatic rings. The SMILES string of the molecule is Nc1ccnc2c1ncn2[C@@H]1O[C@H](CO)C[C@H]1O. The van der Waals surface area contributed by atoms with Gasteiger partial charge >= 0.3 is 0 Å². The second kappa shape index (κ2) is 4.20. The number of aliphatic hydroxyl groups is 2. The Morgan fingerprint density at radius 1 is 1.50 bits per heavy atom. The lowest BCUT2D eigenvalue weighted by atomic mass is 10.2. The van der Waals surface area contributed by atoms with Crippen molar-refractivity contribution in [2.45, 2.75) is 24.9 Å². The summed E-state index contributed by atoms with van der Waals surface area (Å²) >= 11 is 0. The molecule has 0 unspecified atom stereocenters. The van der Waals surface area contributed by atoms with Crippen LogP contribution < -0.4 is 5.73 Å². The number of nitrogen functional groups attached to an aromatic ring is 1. The molecule has 7 nitrogen and oxygen atoms in total. The van der Waals surface area contributed by atoms with Crippen LogP contribution in [0, 0.1) is 0 Å². The van der Waals surface area contributed by atoms with Gasteiger partial charge in [-0.05, 0) is 6.07 Å². The van der Waals surface area contributed by atoms with Gasteiger partial charge in [-0.15, -0.1) is 0 Å². The maximum Gasteiger partial charge on any atom is 0.164 e. The van der Waals surface area contributed by atoms with Gasteiger partial charge < -0.3 is 20.7 Å². The van der Waals surface area contributed by atoms with E-state index in [1.807, 2.05) is 0 Å². The van der Waals surface area contributed by atoms with Gasteiger partial charge in [0.15, 0.2) is 11.9 Å². The molecule has 0 aromatic carbocycles. The molecule has 0 bridgehead atoms. The summed E-state index contributed by atoms with van der Waals surface area (Å²) in [6.45, 7) is -0.115. The molecule has 1 fully saturated rings. The molecule has 96 valence electrons. The van der Waals surface area contributed by atoms with Gasteiger partial charge in [0.2, 0.25) is 0 Å². The number of pyridine rings is 1. The highest BCUT2D eigenvalue weighted by Gasteiger charge is 2.35. The summed E-state index contributed by atoms with van der Waals surface area (Å²) in [5.74, 6) is 0. The Morgan fingerprint density at radius 2 is 2.33 bits per heavy atom. The Kier molecular flexibility index (Phi) is 2.66. The van der Waals surface area contributed by atoms with Gasteiger partial charge in [0.05, 0.1) is 24.7 Å². The summed E-state index contributed by atoms with van der Waals surface area (Å²) in [6, 6.07) is 1.67. The predicted molar refractivity (Wildman–Crippen MR) is 63.6 cm³/mol. The molecule has 0 saturated carbocycles. The Bertz CT molecular complexity index is 570. The van der Waals surface area contributed by atoms with E-state index >= 15 is 0 Å². The van der Waals surface area contributed by atoms with Gasteiger partial charge in [-0.2, -0.15) is 0 Å². The zero-order valence-corrected chi connectivity index (χ0v) is 9.60. The first-order valence-electron chi connectivity index (χ1n) is 5.72. The minimum absolute atomic E-state index is 0.115. The van der Waals surface area contributed by atoms with Crippen molar-refractivity contribution >= 4 is 16.9 Å². The van der Waals surface area contributed by atoms with Crippen molar-refractivity contribution < 1.29 is 14.9 Å². The molecule has 0 aliphatic carbocycles. The van der Waals surface area contributed by atoms with Crippen LogP contribution >= 0.6 is 0 Å². The molecular formula is C11H14N4O3. The number of ether oxygens (including phenoxy) is 1. The van der Waals surface area contributed by atoms with Gasteiger partial charge in [0.25, 0.3) is 0 Å². The van der Waals surface area contributed by atoms with E-state index in [0.29, 0.717) is 23.3 Å². The largest absolute Gasteiger partial charge is 0.397 e. The average Bonchev–Trinajstić information content (AvgIpc) is 2.93. The Balaban J connectivity index is 2.02. The number of imidazole rings is 1. The monoisotopic (exact) mass is 250 g/mol. The zero-order chi connectivity index (χ0) is 12.7. The van der Waals surface area contributed by atoms with Crippen LogP contribution in [-0.4, -0.2) is 43.6 Å². The molecule has 3 heterocycles. The van der Waals surface area contributed by atoms with Crippen molar-refractivity contribution in [2.75, 3.05) is 12.3 Å². The molecule has 2 aromatic heterocycles. The van der Waals surface area contributed by atoms with Gasteiger partial charge in [-0.3, -0.25) is 4.57 Å². The molecule has 3 atom stereocenters. The standard InChI is InChI=1S/C11H14N4O3/c12-7-1-2-13-10-9(7)14-5-15(10)11-8(17)3-6(4-16)18-11/h1-2,5-6,8,11,16-17H,3-4H2,(H2,12,13)/t6-,8+,11+/m0/s1. The van der Waals surface area contributed by atoms with Crippen LogP contribution in [0.2, 0.25) is 0 Å². The van der Waals surface area contributed by atoms with Crippen molar-refractivity contribution in [2.24, 2.45) is 0 Å². The lowest BCUT2D eigenvalue weighted by molar-refractivity contribution is -0.0486. The number of rotatable bonds is 2. The summed E-state index contributed by atoms with van der Waals surface area (Å²) in [5, 5.41) is 19.0. The van der Waals surface area contributed by atoms with Crippen LogP contribution in [0.1, 0.15) is 12.6 Å². The quantitative estimate of drug-likeness (QED) is 0.673. The summed E-state index contributed by atoms with van der Waals surface area (Å²) in [4.78, 5) is 8.37. The van der Waals surface area contributed by atoms with Gasteiger partial charge in [-0.25, -0.2) is 9.97 Å². The highest BCUT2D eigenvalue weighted by molar-refractivity contribution is 5.83. The van der Waals surface area contributed by atoms with Crippen LogP contribution in [0.3, 0.4) is 0 Å². The lowest BCUT2D eigenvalue weighted by Gasteiger charge is -2.16. The van der Waals surface area contributed by atoms with Crippen molar-refractivity contribution in [3.63, 3.8) is 0 Å². The Morgan fingerprint density at radius 3 is 3.06 bits per heavy atom. The van der Waals surface area contributed by atoms with Crippen molar-refractivity contribution in [3.05, 3.63) is 18.6 Å². The van der Waals surface area contributed by atoms with Gasteiger partial charge in [0, 0.05) is 12.6 Å². The molecule has 2 aromatic rings. The number of aliphatic hydroxyl groups excluding tert-OH is 2. The maximum atomic E-state index is 9.95. The molecular weight excluding hydrogens is 236 g/mol. The highest BCUT2D eigenvalue weighted by Crippen LogP contribution is 2.31. The number of hydrogen-bond donors (Lipinski definition) is 3. The van der Waals surface area contributed by atoms with Crippen molar-refractivity contribution in [1.29, 1.82) is 0 Å². The third kappa shape index (κ3) is 1.64. The summed E-state index contributed by atoms with van der Waals surface area (Å²) in [7, 11) is 0. The number of hydrogen-bond acceptors (Lipinski definition) is 6. The van der Waals surface area contributed by atoms with Crippen LogP contribution in [0.5, 0.6) is 0 Å². The fourth-order valence-corrected chi connectivity index (χ4v) is 2.24. The normalized spacial score (nSPS) is 28.0. The maximum absolute atomic E-state index is 9.95. The zero-order valence-electron chi connectivity index (χ0n) is 9.60. The molecule has 18 heavy (non-hydrogen) atoms. The topological polar surface area (TPSA) is 106 Å². The predicted octanol–water partition coefficient (Wildman–Crippen LogP) is -0.346. The third-order valence-corrected chi connectivity index (χ3v) is 3.14. The molecule has 0 spiro atoms. The van der Waals surface area contributed by atoms with E-state index in [2.05, 4.69) is 9.97 Å². The van der Waals surface area contributed by atoms with Crippen molar-refractivity contribution in [1.82, 2.24) is 14.5 Å². The minimum atomic E-state index is -0.692. The van der Waals surface area contributed by atoms with Crippen LogP contribution in [0.15, 0.2) is 18.6 Å². The average molecular weight is 250 g/mol. The second-order valence-electron chi connectivity index (χ2n) is 4.36. The van der Waals surface area contributed by atoms with E-state index in [-0.39, 0.29) is 12.7 Å². The summed E-state index contributed by atoms with van der Waals surface area (Å²) in [5.41, 5.74) is 7.48. The number of aromatic nitrogens is 3. The lowest BCUT2D eigenvalue weighted by Crippen LogP contribution is -2.19. The highest BCUT2D eigenvalue weighted by atomic mass is 16.5. The van der Waals surface area contributed by atoms with E-state index in [1.165, 1.54) is 0 Å².